The first-order valence-electron chi connectivity index (χ1n) is 11.1. The predicted molar refractivity (Wildman–Crippen MR) is 130 cm³/mol. The number of aliphatic carboxylic acids is 1. The summed E-state index contributed by atoms with van der Waals surface area (Å²) >= 11 is 1.65. The van der Waals surface area contributed by atoms with Crippen LogP contribution >= 0.6 is 11.9 Å². The lowest BCUT2D eigenvalue weighted by molar-refractivity contribution is -0.139. The first kappa shape index (κ1) is 21.0. The van der Waals surface area contributed by atoms with E-state index in [1.54, 1.807) is 23.6 Å². The molecule has 2 fully saturated rings. The maximum Gasteiger partial charge on any atom is 0.307 e. The van der Waals surface area contributed by atoms with Crippen molar-refractivity contribution in [1.29, 1.82) is 0 Å². The van der Waals surface area contributed by atoms with Crippen molar-refractivity contribution < 1.29 is 9.90 Å². The normalized spacial score (nSPS) is 19.4. The maximum atomic E-state index is 12.6. The summed E-state index contributed by atoms with van der Waals surface area (Å²) < 4.78 is 5.03. The Bertz CT molecular complexity index is 1240. The van der Waals surface area contributed by atoms with Crippen molar-refractivity contribution in [3.05, 3.63) is 47.0 Å². The molecule has 5 rings (SSSR count). The number of nitrogens with zero attached hydrogens (tertiary/aromatic N) is 2. The summed E-state index contributed by atoms with van der Waals surface area (Å²) in [6, 6.07) is 8.37. The fourth-order valence-corrected chi connectivity index (χ4v) is 5.61. The predicted octanol–water partition coefficient (Wildman–Crippen LogP) is 4.30. The second-order valence-corrected chi connectivity index (χ2v) is 10.0. The zero-order valence-corrected chi connectivity index (χ0v) is 19.2. The average molecular weight is 453 g/mol. The van der Waals surface area contributed by atoms with Crippen molar-refractivity contribution in [2.24, 2.45) is 18.4 Å². The molecule has 1 saturated heterocycles. The first-order valence-corrected chi connectivity index (χ1v) is 12.1. The number of aryl methyl sites for hydroxylation is 1. The van der Waals surface area contributed by atoms with E-state index in [9.17, 15) is 14.7 Å². The third-order valence-electron chi connectivity index (χ3n) is 7.10. The molecule has 8 heteroatoms. The van der Waals surface area contributed by atoms with E-state index >= 15 is 0 Å². The number of carboxylic acid groups (broad SMARTS) is 1. The molecule has 1 spiro atoms. The fourth-order valence-electron chi connectivity index (χ4n) is 5.17. The van der Waals surface area contributed by atoms with E-state index in [1.807, 2.05) is 18.5 Å². The van der Waals surface area contributed by atoms with Crippen LogP contribution in [0, 0.1) is 11.3 Å². The number of benzene rings is 1. The van der Waals surface area contributed by atoms with Gasteiger partial charge in [0, 0.05) is 66.2 Å². The van der Waals surface area contributed by atoms with Gasteiger partial charge >= 0.3 is 5.97 Å². The summed E-state index contributed by atoms with van der Waals surface area (Å²) in [7, 11) is 1.78. The Hall–Kier alpha value is -2.87. The van der Waals surface area contributed by atoms with Gasteiger partial charge in [0.25, 0.3) is 5.56 Å². The zero-order chi connectivity index (χ0) is 22.5. The molecule has 0 radical (unpaired) electrons. The molecular weight excluding hydrogens is 424 g/mol. The standard InChI is InChI=1S/C24H28N4O3S/c1-3-32-26-15-4-5-20(28-10-7-24(8-11-28)13-19(24)23(30)31)17(12-15)18-14-27(2)22(29)21-16(18)6-9-25-21/h4-6,9,12,14,19,25-26H,3,7-8,10-11,13H2,1-2H3,(H,30,31). The van der Waals surface area contributed by atoms with Gasteiger partial charge in [0.15, 0.2) is 0 Å². The quantitative estimate of drug-likeness (QED) is 0.483. The van der Waals surface area contributed by atoms with E-state index < -0.39 is 5.97 Å². The lowest BCUT2D eigenvalue weighted by Crippen LogP contribution is -2.36. The van der Waals surface area contributed by atoms with E-state index in [4.69, 9.17) is 0 Å². The van der Waals surface area contributed by atoms with E-state index in [0.29, 0.717) is 5.52 Å². The van der Waals surface area contributed by atoms with Gasteiger partial charge < -0.3 is 24.3 Å². The van der Waals surface area contributed by atoms with Crippen molar-refractivity contribution in [2.75, 3.05) is 28.5 Å². The molecular formula is C24H28N4O3S. The van der Waals surface area contributed by atoms with Crippen molar-refractivity contribution in [3.63, 3.8) is 0 Å². The van der Waals surface area contributed by atoms with E-state index in [0.717, 1.165) is 66.0 Å². The molecule has 2 aromatic heterocycles. The Morgan fingerprint density at radius 1 is 1.28 bits per heavy atom. The molecule has 1 aliphatic carbocycles. The Morgan fingerprint density at radius 2 is 2.06 bits per heavy atom. The molecule has 3 aromatic rings. The highest BCUT2D eigenvalue weighted by Gasteiger charge is 2.58. The molecule has 0 bridgehead atoms. The Morgan fingerprint density at radius 3 is 2.75 bits per heavy atom. The van der Waals surface area contributed by atoms with Crippen LogP contribution in [-0.2, 0) is 11.8 Å². The Kier molecular flexibility index (Phi) is 5.20. The van der Waals surface area contributed by atoms with Gasteiger partial charge in [-0.25, -0.2) is 0 Å². The molecule has 32 heavy (non-hydrogen) atoms. The lowest BCUT2D eigenvalue weighted by atomic mass is 9.89. The number of carboxylic acids is 1. The van der Waals surface area contributed by atoms with Crippen LogP contribution in [0.4, 0.5) is 11.4 Å². The number of aromatic nitrogens is 2. The summed E-state index contributed by atoms with van der Waals surface area (Å²) in [4.78, 5) is 29.5. The van der Waals surface area contributed by atoms with Crippen molar-refractivity contribution >= 4 is 40.2 Å². The van der Waals surface area contributed by atoms with E-state index in [2.05, 4.69) is 39.7 Å². The number of hydrogen-bond donors (Lipinski definition) is 3. The number of pyridine rings is 1. The summed E-state index contributed by atoms with van der Waals surface area (Å²) in [5.41, 5.74) is 4.80. The SMILES string of the molecule is CCSNc1ccc(N2CCC3(CC2)CC3C(=O)O)c(-c2cn(C)c(=O)c3[nH]ccc23)c1. The van der Waals surface area contributed by atoms with Crippen molar-refractivity contribution in [2.45, 2.75) is 26.2 Å². The van der Waals surface area contributed by atoms with Gasteiger partial charge in [-0.15, -0.1) is 0 Å². The van der Waals surface area contributed by atoms with Crippen molar-refractivity contribution in [3.8, 4) is 11.1 Å². The van der Waals surface area contributed by atoms with Gasteiger partial charge in [-0.05, 0) is 48.9 Å². The second kappa shape index (κ2) is 7.92. The molecule has 2 aliphatic rings. The number of carbonyl (C=O) groups is 1. The van der Waals surface area contributed by atoms with Gasteiger partial charge in [0.1, 0.15) is 5.52 Å². The third-order valence-corrected chi connectivity index (χ3v) is 7.77. The molecule has 1 atom stereocenters. The number of anilines is 2. The number of hydrogen-bond acceptors (Lipinski definition) is 5. The number of rotatable bonds is 6. The van der Waals surface area contributed by atoms with Gasteiger partial charge in [-0.3, -0.25) is 9.59 Å². The van der Waals surface area contributed by atoms with Gasteiger partial charge in [0.2, 0.25) is 0 Å². The van der Waals surface area contributed by atoms with Crippen LogP contribution in [0.15, 0.2) is 41.5 Å². The van der Waals surface area contributed by atoms with Crippen LogP contribution in [0.2, 0.25) is 0 Å². The first-order chi connectivity index (χ1) is 15.4. The largest absolute Gasteiger partial charge is 0.481 e. The number of aromatic amines is 1. The third kappa shape index (κ3) is 3.46. The monoisotopic (exact) mass is 452 g/mol. The average Bonchev–Trinajstić information content (AvgIpc) is 3.26. The second-order valence-electron chi connectivity index (χ2n) is 8.94. The summed E-state index contributed by atoms with van der Waals surface area (Å²) in [5, 5.41) is 10.3. The summed E-state index contributed by atoms with van der Waals surface area (Å²) in [5.74, 6) is 0.130. The number of piperidine rings is 1. The molecule has 1 aliphatic heterocycles. The number of nitrogens with one attached hydrogen (secondary N) is 2. The molecule has 1 unspecified atom stereocenters. The molecule has 7 nitrogen and oxygen atoms in total. The minimum absolute atomic E-state index is 0.00763. The lowest BCUT2D eigenvalue weighted by Gasteiger charge is -2.35. The topological polar surface area (TPSA) is 90.4 Å². The smallest absolute Gasteiger partial charge is 0.307 e. The summed E-state index contributed by atoms with van der Waals surface area (Å²) in [6.07, 6.45) is 6.35. The minimum Gasteiger partial charge on any atom is -0.481 e. The molecule has 3 heterocycles. The van der Waals surface area contributed by atoms with Crippen LogP contribution in [0.3, 0.4) is 0 Å². The van der Waals surface area contributed by atoms with Gasteiger partial charge in [0.05, 0.1) is 5.92 Å². The van der Waals surface area contributed by atoms with Gasteiger partial charge in [-0.1, -0.05) is 18.9 Å². The summed E-state index contributed by atoms with van der Waals surface area (Å²) in [6.45, 7) is 3.79. The highest BCUT2D eigenvalue weighted by molar-refractivity contribution is 8.00. The maximum absolute atomic E-state index is 12.6. The highest BCUT2D eigenvalue weighted by Crippen LogP contribution is 2.59. The Labute approximate surface area is 190 Å². The zero-order valence-electron chi connectivity index (χ0n) is 18.4. The van der Waals surface area contributed by atoms with Crippen LogP contribution in [0.25, 0.3) is 22.0 Å². The molecule has 0 amide bonds. The molecule has 168 valence electrons. The number of H-pyrrole nitrogens is 1. The van der Waals surface area contributed by atoms with Crippen LogP contribution in [-0.4, -0.2) is 39.5 Å². The van der Waals surface area contributed by atoms with E-state index in [-0.39, 0.29) is 16.9 Å². The minimum atomic E-state index is -0.650. The van der Waals surface area contributed by atoms with E-state index in [1.165, 1.54) is 0 Å². The highest BCUT2D eigenvalue weighted by atomic mass is 32.2. The van der Waals surface area contributed by atoms with Crippen LogP contribution in [0.1, 0.15) is 26.2 Å². The van der Waals surface area contributed by atoms with Gasteiger partial charge in [-0.2, -0.15) is 0 Å². The molecule has 1 saturated carbocycles. The fraction of sp³-hybridized carbons (Fsp3) is 0.417. The Balaban J connectivity index is 1.55. The van der Waals surface area contributed by atoms with Crippen molar-refractivity contribution in [1.82, 2.24) is 9.55 Å². The van der Waals surface area contributed by atoms with Crippen LogP contribution < -0.4 is 15.2 Å². The molecule has 3 N–H and O–H groups in total. The van der Waals surface area contributed by atoms with Crippen LogP contribution in [0.5, 0.6) is 0 Å². The number of fused-ring (bicyclic) bond motifs is 1. The molecule has 1 aromatic carbocycles.